The second-order valence-electron chi connectivity index (χ2n) is 10.0. The van der Waals surface area contributed by atoms with Gasteiger partial charge in [0.05, 0.1) is 10.6 Å². The van der Waals surface area contributed by atoms with Crippen molar-refractivity contribution in [2.75, 3.05) is 17.4 Å². The summed E-state index contributed by atoms with van der Waals surface area (Å²) < 4.78 is 28.9. The molecule has 0 saturated carbocycles. The minimum absolute atomic E-state index is 0.0150. The van der Waals surface area contributed by atoms with Gasteiger partial charge in [-0.3, -0.25) is 13.9 Å². The number of carbonyl (C=O) groups excluding carboxylic acids is 2. The number of sulfonamides is 1. The molecule has 3 aromatic carbocycles. The molecule has 0 aliphatic carbocycles. The highest BCUT2D eigenvalue weighted by molar-refractivity contribution is 7.92. The van der Waals surface area contributed by atoms with Crippen molar-refractivity contribution in [3.63, 3.8) is 0 Å². The van der Waals surface area contributed by atoms with Crippen molar-refractivity contribution in [3.05, 3.63) is 92.9 Å². The minimum Gasteiger partial charge on any atom is -0.354 e. The molecular weight excluding hydrogens is 605 g/mol. The number of hydrogen-bond donors (Lipinski definition) is 1. The van der Waals surface area contributed by atoms with Crippen LogP contribution in [0.25, 0.3) is 0 Å². The number of nitrogens with zero attached hydrogens (tertiary/aromatic N) is 2. The van der Waals surface area contributed by atoms with Crippen molar-refractivity contribution >= 4 is 62.3 Å². The van der Waals surface area contributed by atoms with Crippen LogP contribution >= 0.6 is 34.8 Å². The molecule has 220 valence electrons. The predicted octanol–water partition coefficient (Wildman–Crippen LogP) is 6.73. The Morgan fingerprint density at radius 2 is 1.61 bits per heavy atom. The lowest BCUT2D eigenvalue weighted by Gasteiger charge is -2.34. The van der Waals surface area contributed by atoms with Gasteiger partial charge < -0.3 is 10.2 Å². The van der Waals surface area contributed by atoms with E-state index in [9.17, 15) is 18.0 Å². The van der Waals surface area contributed by atoms with Crippen LogP contribution in [0.1, 0.15) is 38.3 Å². The average molecular weight is 639 g/mol. The number of carbonyl (C=O) groups is 2. The van der Waals surface area contributed by atoms with E-state index in [-0.39, 0.29) is 29.0 Å². The van der Waals surface area contributed by atoms with Gasteiger partial charge in [-0.25, -0.2) is 8.42 Å². The lowest BCUT2D eigenvalue weighted by molar-refractivity contribution is -0.140. The number of rotatable bonds is 12. The molecule has 0 fully saturated rings. The zero-order chi connectivity index (χ0) is 30.3. The van der Waals surface area contributed by atoms with Gasteiger partial charge in [-0.1, -0.05) is 85.9 Å². The monoisotopic (exact) mass is 637 g/mol. The molecule has 0 saturated heterocycles. The van der Waals surface area contributed by atoms with E-state index < -0.39 is 28.5 Å². The maximum Gasteiger partial charge on any atom is 0.264 e. The largest absolute Gasteiger partial charge is 0.354 e. The lowest BCUT2D eigenvalue weighted by Crippen LogP contribution is -2.52. The van der Waals surface area contributed by atoms with Crippen LogP contribution in [-0.4, -0.2) is 44.3 Å². The molecule has 1 N–H and O–H groups in total. The Morgan fingerprint density at radius 3 is 2.22 bits per heavy atom. The smallest absolute Gasteiger partial charge is 0.264 e. The molecule has 7 nitrogen and oxygen atoms in total. The molecule has 0 bridgehead atoms. The third-order valence-electron chi connectivity index (χ3n) is 6.54. The van der Waals surface area contributed by atoms with Crippen LogP contribution in [0.4, 0.5) is 5.69 Å². The van der Waals surface area contributed by atoms with Gasteiger partial charge in [-0.2, -0.15) is 0 Å². The fourth-order valence-electron chi connectivity index (χ4n) is 4.27. The van der Waals surface area contributed by atoms with E-state index in [2.05, 4.69) is 5.32 Å². The number of nitrogens with one attached hydrogen (secondary N) is 1. The van der Waals surface area contributed by atoms with Gasteiger partial charge in [0.1, 0.15) is 12.6 Å². The summed E-state index contributed by atoms with van der Waals surface area (Å²) in [4.78, 5) is 28.9. The Kier molecular flexibility index (Phi) is 11.5. The number of halogens is 3. The van der Waals surface area contributed by atoms with Crippen molar-refractivity contribution < 1.29 is 18.0 Å². The SMILES string of the molecule is CCC(C(=O)NCC(C)C)N(Cc1ccc(Cl)cc1Cl)C(=O)CN(c1cccc(Cl)c1C)S(=O)(=O)c1ccccc1. The number of benzene rings is 3. The van der Waals surface area contributed by atoms with E-state index in [0.29, 0.717) is 39.2 Å². The summed E-state index contributed by atoms with van der Waals surface area (Å²) in [5.41, 5.74) is 1.32. The summed E-state index contributed by atoms with van der Waals surface area (Å²) in [6, 6.07) is 16.7. The van der Waals surface area contributed by atoms with Crippen LogP contribution in [0.15, 0.2) is 71.6 Å². The van der Waals surface area contributed by atoms with E-state index in [0.717, 1.165) is 4.31 Å². The van der Waals surface area contributed by atoms with Gasteiger partial charge in [0, 0.05) is 28.2 Å². The normalized spacial score (nSPS) is 12.2. The molecule has 0 spiro atoms. The van der Waals surface area contributed by atoms with Crippen molar-refractivity contribution in [2.45, 2.75) is 51.6 Å². The predicted molar refractivity (Wildman–Crippen MR) is 166 cm³/mol. The van der Waals surface area contributed by atoms with Crippen molar-refractivity contribution in [1.29, 1.82) is 0 Å². The van der Waals surface area contributed by atoms with Gasteiger partial charge in [0.15, 0.2) is 0 Å². The summed E-state index contributed by atoms with van der Waals surface area (Å²) in [6.45, 7) is 7.25. The van der Waals surface area contributed by atoms with Crippen LogP contribution in [0.3, 0.4) is 0 Å². The summed E-state index contributed by atoms with van der Waals surface area (Å²) >= 11 is 18.9. The number of anilines is 1. The second kappa shape index (κ2) is 14.4. The Balaban J connectivity index is 2.10. The minimum atomic E-state index is -4.20. The summed E-state index contributed by atoms with van der Waals surface area (Å²) in [7, 11) is -4.20. The summed E-state index contributed by atoms with van der Waals surface area (Å²) in [6.07, 6.45) is 0.294. The summed E-state index contributed by atoms with van der Waals surface area (Å²) in [5.74, 6) is -0.721. The molecule has 3 aromatic rings. The number of hydrogen-bond acceptors (Lipinski definition) is 4. The van der Waals surface area contributed by atoms with Gasteiger partial charge in [-0.05, 0) is 66.8 Å². The molecule has 1 atom stereocenters. The zero-order valence-corrected chi connectivity index (χ0v) is 26.5. The van der Waals surface area contributed by atoms with Crippen LogP contribution in [0.2, 0.25) is 15.1 Å². The standard InChI is InChI=1S/C30H34Cl3N3O4S/c1-5-27(30(38)34-17-20(2)3)35(18-22-14-15-23(31)16-26(22)33)29(37)19-36(28-13-9-12-25(32)21(28)4)41(39,40)24-10-7-6-8-11-24/h6-16,20,27H,5,17-19H2,1-4H3,(H,34,38). The molecule has 41 heavy (non-hydrogen) atoms. The van der Waals surface area contributed by atoms with Crippen molar-refractivity contribution in [3.8, 4) is 0 Å². The van der Waals surface area contributed by atoms with Crippen LogP contribution < -0.4 is 9.62 Å². The fourth-order valence-corrected chi connectivity index (χ4v) is 6.41. The first-order valence-electron chi connectivity index (χ1n) is 13.2. The topological polar surface area (TPSA) is 86.8 Å². The highest BCUT2D eigenvalue weighted by atomic mass is 35.5. The third kappa shape index (κ3) is 8.16. The Bertz CT molecular complexity index is 1480. The Morgan fingerprint density at radius 1 is 0.927 bits per heavy atom. The fraction of sp³-hybridized carbons (Fsp3) is 0.333. The molecule has 1 unspecified atom stereocenters. The maximum atomic E-state index is 14.2. The molecule has 0 heterocycles. The van der Waals surface area contributed by atoms with E-state index >= 15 is 0 Å². The maximum absolute atomic E-state index is 14.2. The molecule has 3 rings (SSSR count). The molecule has 0 radical (unpaired) electrons. The van der Waals surface area contributed by atoms with Crippen molar-refractivity contribution in [2.24, 2.45) is 5.92 Å². The van der Waals surface area contributed by atoms with Gasteiger partial charge in [-0.15, -0.1) is 0 Å². The second-order valence-corrected chi connectivity index (χ2v) is 13.1. The first kappa shape index (κ1) is 32.7. The van der Waals surface area contributed by atoms with Crippen LogP contribution in [0.5, 0.6) is 0 Å². The molecule has 2 amide bonds. The van der Waals surface area contributed by atoms with Gasteiger partial charge in [0.25, 0.3) is 10.0 Å². The number of amides is 2. The third-order valence-corrected chi connectivity index (χ3v) is 9.31. The molecule has 11 heteroatoms. The van der Waals surface area contributed by atoms with E-state index in [1.165, 1.54) is 17.0 Å². The Hall–Kier alpha value is -2.78. The lowest BCUT2D eigenvalue weighted by atomic mass is 10.1. The van der Waals surface area contributed by atoms with Crippen molar-refractivity contribution in [1.82, 2.24) is 10.2 Å². The zero-order valence-electron chi connectivity index (χ0n) is 23.4. The molecule has 0 aliphatic heterocycles. The summed E-state index contributed by atoms with van der Waals surface area (Å²) in [5, 5.41) is 4.01. The van der Waals surface area contributed by atoms with E-state index in [1.807, 2.05) is 13.8 Å². The highest BCUT2D eigenvalue weighted by Crippen LogP contribution is 2.31. The van der Waals surface area contributed by atoms with Gasteiger partial charge >= 0.3 is 0 Å². The Labute approximate surface area is 257 Å². The first-order valence-corrected chi connectivity index (χ1v) is 15.8. The average Bonchev–Trinajstić information content (AvgIpc) is 2.93. The molecule has 0 aromatic heterocycles. The quantitative estimate of drug-likeness (QED) is 0.238. The van der Waals surface area contributed by atoms with Crippen LogP contribution in [-0.2, 0) is 26.2 Å². The van der Waals surface area contributed by atoms with E-state index in [1.54, 1.807) is 68.4 Å². The first-order chi connectivity index (χ1) is 19.4. The molecular formula is C30H34Cl3N3O4S. The highest BCUT2D eigenvalue weighted by Gasteiger charge is 2.34. The van der Waals surface area contributed by atoms with Crippen LogP contribution in [0, 0.1) is 12.8 Å². The molecule has 0 aliphatic rings. The van der Waals surface area contributed by atoms with E-state index in [4.69, 9.17) is 34.8 Å². The van der Waals surface area contributed by atoms with Gasteiger partial charge in [0.2, 0.25) is 11.8 Å².